The lowest BCUT2D eigenvalue weighted by molar-refractivity contribution is 0.00696. The number of esters is 1. The number of nitrogens with zero attached hydrogens (tertiary/aromatic N) is 1. The van der Waals surface area contributed by atoms with Gasteiger partial charge in [-0.05, 0) is 50.2 Å². The Morgan fingerprint density at radius 1 is 1.30 bits per heavy atom. The second-order valence-corrected chi connectivity index (χ2v) is 5.15. The average molecular weight is 277 g/mol. The topological polar surface area (TPSA) is 97.2 Å². The Morgan fingerprint density at radius 2 is 1.95 bits per heavy atom. The molecule has 1 aromatic carbocycles. The third-order valence-corrected chi connectivity index (χ3v) is 2.22. The standard InChI is InChI=1S/C13H15N3O4/c1-13(2,3)19-10(17)8-4-6-9(7-5-8)14-11-15-12(18)20-16-11/h4-7H,1-3H3,(H2,14,15,16,18). The van der Waals surface area contributed by atoms with Crippen LogP contribution in [0.3, 0.4) is 0 Å². The first-order valence-corrected chi connectivity index (χ1v) is 6.00. The predicted molar refractivity (Wildman–Crippen MR) is 72.0 cm³/mol. The molecule has 0 unspecified atom stereocenters. The van der Waals surface area contributed by atoms with Crippen molar-refractivity contribution in [2.45, 2.75) is 26.4 Å². The van der Waals surface area contributed by atoms with Gasteiger partial charge in [0.2, 0.25) is 5.95 Å². The number of aromatic nitrogens is 2. The molecule has 1 aromatic heterocycles. The largest absolute Gasteiger partial charge is 0.456 e. The number of aromatic amines is 1. The highest BCUT2D eigenvalue weighted by Gasteiger charge is 2.17. The second-order valence-electron chi connectivity index (χ2n) is 5.15. The molecule has 106 valence electrons. The van der Waals surface area contributed by atoms with E-state index in [0.29, 0.717) is 11.3 Å². The first kappa shape index (κ1) is 13.9. The SMILES string of the molecule is CC(C)(C)OC(=O)c1ccc(Nc2noc(=O)[nH]2)cc1. The van der Waals surface area contributed by atoms with Gasteiger partial charge in [0.1, 0.15) is 5.60 Å². The van der Waals surface area contributed by atoms with Crippen molar-refractivity contribution in [2.75, 3.05) is 5.32 Å². The van der Waals surface area contributed by atoms with E-state index in [1.54, 1.807) is 24.3 Å². The van der Waals surface area contributed by atoms with Crippen LogP contribution in [-0.4, -0.2) is 21.7 Å². The van der Waals surface area contributed by atoms with E-state index in [1.807, 2.05) is 20.8 Å². The number of anilines is 2. The lowest BCUT2D eigenvalue weighted by Crippen LogP contribution is -2.23. The van der Waals surface area contributed by atoms with Gasteiger partial charge in [-0.25, -0.2) is 9.59 Å². The van der Waals surface area contributed by atoms with Crippen LogP contribution in [0.4, 0.5) is 11.6 Å². The highest BCUT2D eigenvalue weighted by molar-refractivity contribution is 5.90. The van der Waals surface area contributed by atoms with Crippen LogP contribution in [0.15, 0.2) is 33.6 Å². The minimum absolute atomic E-state index is 0.194. The molecule has 20 heavy (non-hydrogen) atoms. The Balaban J connectivity index is 2.06. The zero-order valence-corrected chi connectivity index (χ0v) is 11.4. The highest BCUT2D eigenvalue weighted by Crippen LogP contribution is 2.16. The molecule has 2 N–H and O–H groups in total. The minimum Gasteiger partial charge on any atom is -0.456 e. The lowest BCUT2D eigenvalue weighted by Gasteiger charge is -2.19. The summed E-state index contributed by atoms with van der Waals surface area (Å²) in [6, 6.07) is 6.59. The van der Waals surface area contributed by atoms with E-state index < -0.39 is 11.4 Å². The summed E-state index contributed by atoms with van der Waals surface area (Å²) in [6.07, 6.45) is 0. The number of rotatable bonds is 3. The molecule has 0 bridgehead atoms. The summed E-state index contributed by atoms with van der Waals surface area (Å²) in [5.41, 5.74) is 0.565. The molecule has 7 nitrogen and oxygen atoms in total. The maximum atomic E-state index is 11.8. The van der Waals surface area contributed by atoms with Crippen molar-refractivity contribution < 1.29 is 14.1 Å². The predicted octanol–water partition coefficient (Wildman–Crippen LogP) is 2.06. The first-order valence-electron chi connectivity index (χ1n) is 6.00. The quantitative estimate of drug-likeness (QED) is 0.833. The van der Waals surface area contributed by atoms with E-state index in [0.717, 1.165) is 0 Å². The normalized spacial score (nSPS) is 11.2. The summed E-state index contributed by atoms with van der Waals surface area (Å²) in [6.45, 7) is 5.42. The molecule has 7 heteroatoms. The Bertz CT molecular complexity index is 649. The van der Waals surface area contributed by atoms with Gasteiger partial charge in [-0.2, -0.15) is 0 Å². The van der Waals surface area contributed by atoms with Crippen LogP contribution in [0.2, 0.25) is 0 Å². The molecule has 0 aliphatic rings. The van der Waals surface area contributed by atoms with Gasteiger partial charge in [-0.1, -0.05) is 0 Å². The molecule has 0 aliphatic heterocycles. The monoisotopic (exact) mass is 277 g/mol. The van der Waals surface area contributed by atoms with Crippen molar-refractivity contribution in [3.63, 3.8) is 0 Å². The molecule has 0 atom stereocenters. The number of nitrogens with one attached hydrogen (secondary N) is 2. The van der Waals surface area contributed by atoms with Crippen LogP contribution in [-0.2, 0) is 4.74 Å². The summed E-state index contributed by atoms with van der Waals surface area (Å²) in [7, 11) is 0. The van der Waals surface area contributed by atoms with E-state index in [1.165, 1.54) is 0 Å². The van der Waals surface area contributed by atoms with E-state index in [-0.39, 0.29) is 11.9 Å². The fourth-order valence-corrected chi connectivity index (χ4v) is 1.45. The molecule has 0 saturated heterocycles. The molecule has 2 rings (SSSR count). The molecule has 0 radical (unpaired) electrons. The van der Waals surface area contributed by atoms with Crippen molar-refractivity contribution in [2.24, 2.45) is 0 Å². The lowest BCUT2D eigenvalue weighted by atomic mass is 10.1. The molecular formula is C13H15N3O4. The van der Waals surface area contributed by atoms with Crippen molar-refractivity contribution >= 4 is 17.6 Å². The fourth-order valence-electron chi connectivity index (χ4n) is 1.45. The molecule has 0 aliphatic carbocycles. The van der Waals surface area contributed by atoms with Crippen LogP contribution >= 0.6 is 0 Å². The van der Waals surface area contributed by atoms with Gasteiger partial charge in [0.25, 0.3) is 0 Å². The van der Waals surface area contributed by atoms with Gasteiger partial charge in [0.05, 0.1) is 5.56 Å². The Hall–Kier alpha value is -2.57. The first-order chi connectivity index (χ1) is 9.33. The maximum absolute atomic E-state index is 11.8. The molecule has 0 fully saturated rings. The summed E-state index contributed by atoms with van der Waals surface area (Å²) >= 11 is 0. The average Bonchev–Trinajstić information content (AvgIpc) is 2.73. The number of carbonyl (C=O) groups excluding carboxylic acids is 1. The smallest absolute Gasteiger partial charge is 0.440 e. The second kappa shape index (κ2) is 5.20. The van der Waals surface area contributed by atoms with Crippen molar-refractivity contribution in [3.05, 3.63) is 40.4 Å². The van der Waals surface area contributed by atoms with Gasteiger partial charge in [0, 0.05) is 5.69 Å². The maximum Gasteiger partial charge on any atom is 0.440 e. The van der Waals surface area contributed by atoms with Crippen molar-refractivity contribution in [1.29, 1.82) is 0 Å². The summed E-state index contributed by atoms with van der Waals surface area (Å²) in [5, 5.41) is 6.30. The van der Waals surface area contributed by atoms with E-state index in [9.17, 15) is 9.59 Å². The number of carbonyl (C=O) groups is 1. The third-order valence-electron chi connectivity index (χ3n) is 2.22. The Kier molecular flexibility index (Phi) is 3.60. The van der Waals surface area contributed by atoms with Crippen molar-refractivity contribution in [3.8, 4) is 0 Å². The number of hydrogen-bond donors (Lipinski definition) is 2. The molecule has 0 saturated carbocycles. The fraction of sp³-hybridized carbons (Fsp3) is 0.308. The molecule has 2 aromatic rings. The summed E-state index contributed by atoms with van der Waals surface area (Å²) < 4.78 is 9.61. The van der Waals surface area contributed by atoms with Gasteiger partial charge in [-0.15, -0.1) is 0 Å². The Morgan fingerprint density at radius 3 is 2.45 bits per heavy atom. The van der Waals surface area contributed by atoms with Gasteiger partial charge in [0.15, 0.2) is 0 Å². The zero-order valence-electron chi connectivity index (χ0n) is 11.4. The van der Waals surface area contributed by atoms with Crippen LogP contribution in [0, 0.1) is 0 Å². The minimum atomic E-state index is -0.641. The van der Waals surface area contributed by atoms with E-state index in [4.69, 9.17) is 4.74 Å². The summed E-state index contributed by atoms with van der Waals surface area (Å²) in [5.74, 6) is -0.836. The van der Waals surface area contributed by atoms with Crippen LogP contribution in [0.5, 0.6) is 0 Å². The van der Waals surface area contributed by atoms with Crippen LogP contribution < -0.4 is 11.1 Å². The van der Waals surface area contributed by atoms with E-state index >= 15 is 0 Å². The van der Waals surface area contributed by atoms with Crippen LogP contribution in [0.1, 0.15) is 31.1 Å². The highest BCUT2D eigenvalue weighted by atomic mass is 16.6. The Labute approximate surface area is 114 Å². The van der Waals surface area contributed by atoms with Gasteiger partial charge in [-0.3, -0.25) is 9.51 Å². The van der Waals surface area contributed by atoms with E-state index in [2.05, 4.69) is 20.0 Å². The number of H-pyrrole nitrogens is 1. The summed E-state index contributed by atoms with van der Waals surface area (Å²) in [4.78, 5) is 24.9. The molecule has 0 amide bonds. The molecule has 1 heterocycles. The van der Waals surface area contributed by atoms with Crippen LogP contribution in [0.25, 0.3) is 0 Å². The molecular weight excluding hydrogens is 262 g/mol. The third kappa shape index (κ3) is 3.71. The van der Waals surface area contributed by atoms with Crippen molar-refractivity contribution in [1.82, 2.24) is 10.1 Å². The number of benzene rings is 1. The molecule has 0 spiro atoms. The number of hydrogen-bond acceptors (Lipinski definition) is 6. The number of ether oxygens (including phenoxy) is 1. The van der Waals surface area contributed by atoms with Gasteiger partial charge >= 0.3 is 11.7 Å². The van der Waals surface area contributed by atoms with Gasteiger partial charge < -0.3 is 10.1 Å². The zero-order chi connectivity index (χ0) is 14.8.